The van der Waals surface area contributed by atoms with E-state index in [2.05, 4.69) is 36.7 Å². The Morgan fingerprint density at radius 3 is 2.68 bits per heavy atom. The number of halogens is 1. The van der Waals surface area contributed by atoms with E-state index in [4.69, 9.17) is 5.14 Å². The van der Waals surface area contributed by atoms with E-state index in [-0.39, 0.29) is 15.1 Å². The molecule has 0 saturated carbocycles. The zero-order valence-corrected chi connectivity index (χ0v) is 11.7. The van der Waals surface area contributed by atoms with Crippen molar-refractivity contribution in [3.63, 3.8) is 0 Å². The maximum Gasteiger partial charge on any atom is 0.277 e. The first-order valence-electron chi connectivity index (χ1n) is 4.87. The van der Waals surface area contributed by atoms with Crippen LogP contribution in [-0.2, 0) is 10.0 Å². The van der Waals surface area contributed by atoms with Crippen molar-refractivity contribution in [3.8, 4) is 0 Å². The Hall–Kier alpha value is -1.78. The number of primary sulfonamides is 1. The molecule has 0 fully saturated rings. The Bertz CT molecular complexity index is 713. The van der Waals surface area contributed by atoms with Gasteiger partial charge in [0.25, 0.3) is 5.91 Å². The van der Waals surface area contributed by atoms with E-state index in [0.29, 0.717) is 5.69 Å². The molecule has 0 atom stereocenters. The lowest BCUT2D eigenvalue weighted by molar-refractivity contribution is 0.102. The number of hydrogen-bond acceptors (Lipinski definition) is 5. The van der Waals surface area contributed by atoms with Gasteiger partial charge in [-0.25, -0.2) is 13.6 Å². The van der Waals surface area contributed by atoms with Gasteiger partial charge in [0, 0.05) is 10.2 Å². The van der Waals surface area contributed by atoms with E-state index >= 15 is 0 Å². The monoisotopic (exact) mass is 345 g/mol. The van der Waals surface area contributed by atoms with E-state index in [1.54, 1.807) is 0 Å². The highest BCUT2D eigenvalue weighted by Gasteiger charge is 2.14. The van der Waals surface area contributed by atoms with Crippen LogP contribution in [0.5, 0.6) is 0 Å². The first-order valence-corrected chi connectivity index (χ1v) is 7.21. The van der Waals surface area contributed by atoms with Gasteiger partial charge in [-0.05, 0) is 34.1 Å². The Morgan fingerprint density at radius 2 is 2.16 bits per heavy atom. The summed E-state index contributed by atoms with van der Waals surface area (Å²) in [5.74, 6) is -0.469. The van der Waals surface area contributed by atoms with Crippen molar-refractivity contribution in [2.24, 2.45) is 5.14 Å². The fourth-order valence-electron chi connectivity index (χ4n) is 1.32. The zero-order chi connectivity index (χ0) is 14.0. The van der Waals surface area contributed by atoms with E-state index in [0.717, 1.165) is 0 Å². The normalized spacial score (nSPS) is 11.3. The second-order valence-electron chi connectivity index (χ2n) is 3.50. The van der Waals surface area contributed by atoms with Crippen LogP contribution in [0, 0.1) is 0 Å². The Morgan fingerprint density at radius 1 is 1.42 bits per heavy atom. The molecule has 0 unspecified atom stereocenters. The fraction of sp³-hybridized carbons (Fsp3) is 0. The Labute approximate surface area is 116 Å². The maximum absolute atomic E-state index is 11.7. The molecule has 2 aromatic rings. The molecular weight excluding hydrogens is 338 g/mol. The first-order chi connectivity index (χ1) is 8.88. The summed E-state index contributed by atoms with van der Waals surface area (Å²) in [4.78, 5) is 11.6. The number of nitrogens with two attached hydrogens (primary N) is 1. The smallest absolute Gasteiger partial charge is 0.277 e. The number of H-pyrrole nitrogens is 1. The van der Waals surface area contributed by atoms with Gasteiger partial charge >= 0.3 is 0 Å². The number of rotatable bonds is 3. The standard InChI is InChI=1S/C9H8BrN5O3S/c10-6-3-5(1-2-8(6)19(11,17)18)13-9(16)7-4-12-15-14-7/h1-4H,(H,13,16)(H2,11,17,18)(H,12,14,15). The average Bonchev–Trinajstić information content (AvgIpc) is 2.80. The summed E-state index contributed by atoms with van der Waals surface area (Å²) in [7, 11) is -3.81. The lowest BCUT2D eigenvalue weighted by Gasteiger charge is -2.06. The first kappa shape index (κ1) is 13.6. The third-order valence-corrected chi connectivity index (χ3v) is 4.03. The molecule has 2 rings (SSSR count). The molecule has 10 heteroatoms. The van der Waals surface area contributed by atoms with E-state index in [9.17, 15) is 13.2 Å². The van der Waals surface area contributed by atoms with Crippen LogP contribution in [0.15, 0.2) is 33.8 Å². The second-order valence-corrected chi connectivity index (χ2v) is 5.88. The SMILES string of the molecule is NS(=O)(=O)c1ccc(NC(=O)c2cn[nH]n2)cc1Br. The largest absolute Gasteiger partial charge is 0.321 e. The number of anilines is 1. The molecule has 4 N–H and O–H groups in total. The van der Waals surface area contributed by atoms with Crippen molar-refractivity contribution in [1.29, 1.82) is 0 Å². The predicted octanol–water partition coefficient (Wildman–Crippen LogP) is 0.467. The highest BCUT2D eigenvalue weighted by Crippen LogP contribution is 2.24. The van der Waals surface area contributed by atoms with Crippen LogP contribution in [-0.4, -0.2) is 29.7 Å². The lowest BCUT2D eigenvalue weighted by Crippen LogP contribution is -2.14. The molecule has 0 radical (unpaired) electrons. The summed E-state index contributed by atoms with van der Waals surface area (Å²) in [6, 6.07) is 4.14. The molecule has 0 saturated heterocycles. The van der Waals surface area contributed by atoms with Crippen molar-refractivity contribution in [2.45, 2.75) is 4.90 Å². The summed E-state index contributed by atoms with van der Waals surface area (Å²) in [5.41, 5.74) is 0.513. The molecule has 1 amide bonds. The minimum atomic E-state index is -3.81. The highest BCUT2D eigenvalue weighted by atomic mass is 79.9. The van der Waals surface area contributed by atoms with Crippen molar-refractivity contribution in [2.75, 3.05) is 5.32 Å². The molecule has 0 aliphatic rings. The number of nitrogens with one attached hydrogen (secondary N) is 2. The molecule has 0 aliphatic heterocycles. The fourth-order valence-corrected chi connectivity index (χ4v) is 2.96. The van der Waals surface area contributed by atoms with Crippen LogP contribution in [0.4, 0.5) is 5.69 Å². The van der Waals surface area contributed by atoms with Gasteiger partial charge in [-0.1, -0.05) is 0 Å². The molecule has 0 aliphatic carbocycles. The Balaban J connectivity index is 2.24. The van der Waals surface area contributed by atoms with Gasteiger partial charge in [0.05, 0.1) is 11.1 Å². The van der Waals surface area contributed by atoms with E-state index < -0.39 is 15.9 Å². The van der Waals surface area contributed by atoms with Crippen LogP contribution < -0.4 is 10.5 Å². The average molecular weight is 346 g/mol. The number of amides is 1. The zero-order valence-electron chi connectivity index (χ0n) is 9.29. The number of sulfonamides is 1. The predicted molar refractivity (Wildman–Crippen MR) is 69.9 cm³/mol. The van der Waals surface area contributed by atoms with E-state index in [1.165, 1.54) is 24.4 Å². The molecular formula is C9H8BrN5O3S. The summed E-state index contributed by atoms with van der Waals surface area (Å²) < 4.78 is 22.7. The summed E-state index contributed by atoms with van der Waals surface area (Å²) >= 11 is 3.08. The summed E-state index contributed by atoms with van der Waals surface area (Å²) in [5, 5.41) is 17.0. The van der Waals surface area contributed by atoms with Crippen molar-refractivity contribution < 1.29 is 13.2 Å². The highest BCUT2D eigenvalue weighted by molar-refractivity contribution is 9.10. The van der Waals surface area contributed by atoms with Crippen molar-refractivity contribution >= 4 is 37.5 Å². The van der Waals surface area contributed by atoms with Crippen molar-refractivity contribution in [1.82, 2.24) is 15.4 Å². The molecule has 1 aromatic carbocycles. The van der Waals surface area contributed by atoms with Gasteiger partial charge in [0.15, 0.2) is 5.69 Å². The van der Waals surface area contributed by atoms with E-state index in [1.807, 2.05) is 0 Å². The second kappa shape index (κ2) is 5.07. The molecule has 1 aromatic heterocycles. The third-order valence-electron chi connectivity index (χ3n) is 2.14. The summed E-state index contributed by atoms with van der Waals surface area (Å²) in [6.07, 6.45) is 1.27. The van der Waals surface area contributed by atoms with Crippen LogP contribution in [0.25, 0.3) is 0 Å². The molecule has 0 spiro atoms. The molecule has 8 nitrogen and oxygen atoms in total. The van der Waals surface area contributed by atoms with Crippen LogP contribution in [0.2, 0.25) is 0 Å². The van der Waals surface area contributed by atoms with Gasteiger partial charge in [0.1, 0.15) is 0 Å². The van der Waals surface area contributed by atoms with Crippen LogP contribution in [0.3, 0.4) is 0 Å². The Kier molecular flexibility index (Phi) is 3.64. The van der Waals surface area contributed by atoms with Crippen molar-refractivity contribution in [3.05, 3.63) is 34.6 Å². The van der Waals surface area contributed by atoms with Crippen LogP contribution in [0.1, 0.15) is 10.5 Å². The number of nitrogens with zero attached hydrogens (tertiary/aromatic N) is 2. The third kappa shape index (κ3) is 3.16. The molecule has 1 heterocycles. The summed E-state index contributed by atoms with van der Waals surface area (Å²) in [6.45, 7) is 0. The molecule has 0 bridgehead atoms. The minimum Gasteiger partial charge on any atom is -0.321 e. The lowest BCUT2D eigenvalue weighted by atomic mass is 10.3. The van der Waals surface area contributed by atoms with Gasteiger partial charge < -0.3 is 5.32 Å². The minimum absolute atomic E-state index is 0.0630. The topological polar surface area (TPSA) is 131 Å². The number of aromatic nitrogens is 3. The van der Waals surface area contributed by atoms with Gasteiger partial charge in [-0.2, -0.15) is 15.4 Å². The number of hydrogen-bond donors (Lipinski definition) is 3. The number of carbonyl (C=O) groups excluding carboxylic acids is 1. The van der Waals surface area contributed by atoms with Gasteiger partial charge in [-0.15, -0.1) is 0 Å². The number of benzene rings is 1. The molecule has 100 valence electrons. The van der Waals surface area contributed by atoms with Gasteiger partial charge in [0.2, 0.25) is 10.0 Å². The quantitative estimate of drug-likeness (QED) is 0.743. The maximum atomic E-state index is 11.7. The van der Waals surface area contributed by atoms with Crippen LogP contribution >= 0.6 is 15.9 Å². The number of aromatic amines is 1. The number of carbonyl (C=O) groups is 1. The molecule has 19 heavy (non-hydrogen) atoms. The van der Waals surface area contributed by atoms with Gasteiger partial charge in [-0.3, -0.25) is 4.79 Å².